The van der Waals surface area contributed by atoms with Gasteiger partial charge in [0.1, 0.15) is 23.3 Å². The summed E-state index contributed by atoms with van der Waals surface area (Å²) in [6.07, 6.45) is -1.35. The Bertz CT molecular complexity index is 1010. The Kier molecular flexibility index (Phi) is 5.59. The molecule has 0 saturated carbocycles. The number of alkyl halides is 2. The molecule has 1 aromatic carbocycles. The van der Waals surface area contributed by atoms with E-state index in [2.05, 4.69) is 9.98 Å². The number of hydrogen-bond acceptors (Lipinski definition) is 5. The second-order valence-corrected chi connectivity index (χ2v) is 8.39. The molecule has 3 atom stereocenters. The minimum Gasteiger partial charge on any atom is -0.379 e. The largest absolute Gasteiger partial charge is 0.379 e. The molecule has 2 N–H and O–H groups in total. The summed E-state index contributed by atoms with van der Waals surface area (Å²) in [5.74, 6) is -1.76. The Morgan fingerprint density at radius 2 is 2.13 bits per heavy atom. The summed E-state index contributed by atoms with van der Waals surface area (Å²) in [6, 6.07) is 7.27. The van der Waals surface area contributed by atoms with Gasteiger partial charge >= 0.3 is 0 Å². The van der Waals surface area contributed by atoms with E-state index in [1.807, 2.05) is 6.92 Å². The summed E-state index contributed by atoms with van der Waals surface area (Å²) in [5, 5.41) is 0.181. The van der Waals surface area contributed by atoms with E-state index < -0.39 is 35.6 Å². The normalized spacial score (nSPS) is 26.6. The molecule has 0 unspecified atom stereocenters. The van der Waals surface area contributed by atoms with Crippen LogP contribution in [0, 0.1) is 18.7 Å². The van der Waals surface area contributed by atoms with E-state index in [0.29, 0.717) is 5.56 Å². The monoisotopic (exact) mass is 437 g/mol. The molecular weight excluding hydrogens is 418 g/mol. The Morgan fingerprint density at radius 3 is 2.83 bits per heavy atom. The highest BCUT2D eigenvalue weighted by molar-refractivity contribution is 8.13. The van der Waals surface area contributed by atoms with Crippen LogP contribution < -0.4 is 5.73 Å². The highest BCUT2D eigenvalue weighted by Crippen LogP contribution is 2.49. The number of aromatic nitrogens is 1. The SMILES string of the molecule is Cc1ccc(/C(F)=C/c2ccc(F)c([C@]34CO[C@H](C(F)F)[C@H]3CSC(N)=N4)c2)nc1. The second-order valence-electron chi connectivity index (χ2n) is 7.35. The van der Waals surface area contributed by atoms with Gasteiger partial charge in [-0.25, -0.2) is 22.6 Å². The van der Waals surface area contributed by atoms with Gasteiger partial charge in [0.25, 0.3) is 6.43 Å². The summed E-state index contributed by atoms with van der Waals surface area (Å²) in [6.45, 7) is 1.62. The molecule has 1 fully saturated rings. The van der Waals surface area contributed by atoms with Gasteiger partial charge in [-0.2, -0.15) is 0 Å². The molecule has 0 aliphatic carbocycles. The first-order chi connectivity index (χ1) is 14.3. The number of halogens is 4. The van der Waals surface area contributed by atoms with Crippen molar-refractivity contribution in [2.45, 2.75) is 25.0 Å². The maximum absolute atomic E-state index is 14.9. The molecule has 9 heteroatoms. The molecule has 1 aromatic heterocycles. The first kappa shape index (κ1) is 20.9. The maximum atomic E-state index is 14.9. The van der Waals surface area contributed by atoms with Crippen molar-refractivity contribution < 1.29 is 22.3 Å². The van der Waals surface area contributed by atoms with Crippen LogP contribution in [0.15, 0.2) is 41.5 Å². The molecule has 4 rings (SSSR count). The smallest absolute Gasteiger partial charge is 0.264 e. The lowest BCUT2D eigenvalue weighted by molar-refractivity contribution is -0.0359. The fourth-order valence-electron chi connectivity index (χ4n) is 3.85. The van der Waals surface area contributed by atoms with E-state index in [-0.39, 0.29) is 28.8 Å². The van der Waals surface area contributed by atoms with Gasteiger partial charge in [0.05, 0.1) is 12.3 Å². The van der Waals surface area contributed by atoms with Crippen LogP contribution in [0.4, 0.5) is 17.6 Å². The third kappa shape index (κ3) is 3.72. The van der Waals surface area contributed by atoms with Crippen molar-refractivity contribution in [3.05, 3.63) is 64.7 Å². The fourth-order valence-corrected chi connectivity index (χ4v) is 4.89. The zero-order valence-electron chi connectivity index (χ0n) is 16.0. The Labute approximate surface area is 175 Å². The lowest BCUT2D eigenvalue weighted by Crippen LogP contribution is -2.43. The van der Waals surface area contributed by atoms with Gasteiger partial charge in [0.15, 0.2) is 5.17 Å². The molecule has 1 saturated heterocycles. The summed E-state index contributed by atoms with van der Waals surface area (Å²) in [5.41, 5.74) is 5.94. The van der Waals surface area contributed by atoms with Crippen LogP contribution in [-0.4, -0.2) is 35.0 Å². The van der Waals surface area contributed by atoms with E-state index in [4.69, 9.17) is 10.5 Å². The van der Waals surface area contributed by atoms with E-state index in [0.717, 1.165) is 17.3 Å². The average molecular weight is 437 g/mol. The Hall–Kier alpha value is -2.39. The number of aryl methyl sites for hydroxylation is 1. The number of amidine groups is 1. The van der Waals surface area contributed by atoms with E-state index in [1.54, 1.807) is 18.3 Å². The quantitative estimate of drug-likeness (QED) is 0.714. The Morgan fingerprint density at radius 1 is 1.33 bits per heavy atom. The molecule has 0 amide bonds. The third-order valence-electron chi connectivity index (χ3n) is 5.38. The number of pyridine rings is 1. The van der Waals surface area contributed by atoms with E-state index >= 15 is 0 Å². The lowest BCUT2D eigenvalue weighted by atomic mass is 9.78. The van der Waals surface area contributed by atoms with Crippen LogP contribution in [0.1, 0.15) is 22.4 Å². The van der Waals surface area contributed by atoms with Gasteiger partial charge in [0.2, 0.25) is 0 Å². The van der Waals surface area contributed by atoms with Gasteiger partial charge in [-0.1, -0.05) is 23.9 Å². The number of thioether (sulfide) groups is 1. The number of benzene rings is 1. The first-order valence-corrected chi connectivity index (χ1v) is 10.3. The molecule has 0 spiro atoms. The number of fused-ring (bicyclic) bond motifs is 1. The van der Waals surface area contributed by atoms with Crippen molar-refractivity contribution in [2.75, 3.05) is 12.4 Å². The minimum absolute atomic E-state index is 0.0670. The van der Waals surface area contributed by atoms with Gasteiger partial charge in [-0.05, 0) is 42.3 Å². The number of rotatable bonds is 4. The number of nitrogens with zero attached hydrogens (tertiary/aromatic N) is 2. The summed E-state index contributed by atoms with van der Waals surface area (Å²) in [7, 11) is 0. The summed E-state index contributed by atoms with van der Waals surface area (Å²) in [4.78, 5) is 8.39. The number of hydrogen-bond donors (Lipinski definition) is 1. The van der Waals surface area contributed by atoms with Gasteiger partial charge in [-0.15, -0.1) is 0 Å². The van der Waals surface area contributed by atoms with Gasteiger partial charge in [-0.3, -0.25) is 4.98 Å². The van der Waals surface area contributed by atoms with Crippen LogP contribution in [0.5, 0.6) is 0 Å². The molecular formula is C21H19F4N3OS. The Balaban J connectivity index is 1.76. The van der Waals surface area contributed by atoms with E-state index in [9.17, 15) is 17.6 Å². The van der Waals surface area contributed by atoms with Crippen LogP contribution in [0.25, 0.3) is 11.9 Å². The van der Waals surface area contributed by atoms with Crippen molar-refractivity contribution in [1.29, 1.82) is 0 Å². The van der Waals surface area contributed by atoms with Crippen molar-refractivity contribution in [2.24, 2.45) is 16.6 Å². The molecule has 3 heterocycles. The molecule has 2 aromatic rings. The summed E-state index contributed by atoms with van der Waals surface area (Å²) < 4.78 is 61.8. The fraction of sp³-hybridized carbons (Fsp3) is 0.333. The third-order valence-corrected chi connectivity index (χ3v) is 6.29. The first-order valence-electron chi connectivity index (χ1n) is 9.28. The zero-order chi connectivity index (χ0) is 21.5. The van der Waals surface area contributed by atoms with Crippen LogP contribution in [0.2, 0.25) is 0 Å². The highest BCUT2D eigenvalue weighted by Gasteiger charge is 2.56. The van der Waals surface area contributed by atoms with Crippen molar-refractivity contribution in [3.8, 4) is 0 Å². The van der Waals surface area contributed by atoms with Gasteiger partial charge in [0, 0.05) is 23.4 Å². The molecule has 0 bridgehead atoms. The molecule has 2 aliphatic heterocycles. The number of nitrogens with two attached hydrogens (primary N) is 1. The predicted molar refractivity (Wildman–Crippen MR) is 109 cm³/mol. The van der Waals surface area contributed by atoms with Crippen LogP contribution in [-0.2, 0) is 10.3 Å². The molecule has 30 heavy (non-hydrogen) atoms. The molecule has 4 nitrogen and oxygen atoms in total. The summed E-state index contributed by atoms with van der Waals surface area (Å²) >= 11 is 1.14. The molecule has 2 aliphatic rings. The second kappa shape index (κ2) is 8.03. The zero-order valence-corrected chi connectivity index (χ0v) is 16.8. The average Bonchev–Trinajstić information content (AvgIpc) is 3.09. The van der Waals surface area contributed by atoms with Gasteiger partial charge < -0.3 is 10.5 Å². The minimum atomic E-state index is -2.73. The molecule has 0 radical (unpaired) electrons. The van der Waals surface area contributed by atoms with Crippen LogP contribution >= 0.6 is 11.8 Å². The molecule has 158 valence electrons. The number of ether oxygens (including phenoxy) is 1. The topological polar surface area (TPSA) is 60.5 Å². The van der Waals surface area contributed by atoms with E-state index in [1.165, 1.54) is 24.3 Å². The maximum Gasteiger partial charge on any atom is 0.264 e. The van der Waals surface area contributed by atoms with Crippen molar-refractivity contribution in [1.82, 2.24) is 4.98 Å². The van der Waals surface area contributed by atoms with Crippen molar-refractivity contribution in [3.63, 3.8) is 0 Å². The van der Waals surface area contributed by atoms with Crippen molar-refractivity contribution >= 4 is 28.8 Å². The number of aliphatic imine (C=N–C) groups is 1. The lowest BCUT2D eigenvalue weighted by Gasteiger charge is -2.35. The standard InChI is InChI=1S/C21H19F4N3OS/c1-11-2-5-17(27-8-11)16(23)7-12-3-4-15(22)13(6-12)21-10-29-18(19(24)25)14(21)9-30-20(26)28-21/h2-8,14,18-19H,9-10H2,1H3,(H2,26,28)/b16-7-/t14-,18+,21-/m1/s1. The predicted octanol–water partition coefficient (Wildman–Crippen LogP) is 4.53. The van der Waals surface area contributed by atoms with Crippen LogP contribution in [0.3, 0.4) is 0 Å². The highest BCUT2D eigenvalue weighted by atomic mass is 32.2.